The number of hydrogen-bond donors (Lipinski definition) is 0. The van der Waals surface area contributed by atoms with E-state index in [1.165, 1.54) is 0 Å². The first-order valence-electron chi connectivity index (χ1n) is 10.6. The van der Waals surface area contributed by atoms with Crippen LogP contribution in [0.25, 0.3) is 0 Å². The average molecular weight is 425 g/mol. The van der Waals surface area contributed by atoms with Gasteiger partial charge in [0, 0.05) is 44.8 Å². The fourth-order valence-electron chi connectivity index (χ4n) is 4.08. The molecule has 3 heterocycles. The van der Waals surface area contributed by atoms with Gasteiger partial charge in [0.15, 0.2) is 6.10 Å². The van der Waals surface area contributed by atoms with Gasteiger partial charge in [0.2, 0.25) is 5.91 Å². The summed E-state index contributed by atoms with van der Waals surface area (Å²) in [5.74, 6) is -0.709. The molecule has 2 aliphatic heterocycles. The zero-order chi connectivity index (χ0) is 21.8. The third-order valence-electron chi connectivity index (χ3n) is 5.83. The van der Waals surface area contributed by atoms with E-state index in [1.807, 2.05) is 18.2 Å². The van der Waals surface area contributed by atoms with E-state index in [9.17, 15) is 14.4 Å². The van der Waals surface area contributed by atoms with Crippen LogP contribution in [0.2, 0.25) is 0 Å². The van der Waals surface area contributed by atoms with Crippen molar-refractivity contribution in [2.24, 2.45) is 5.92 Å². The monoisotopic (exact) mass is 425 g/mol. The van der Waals surface area contributed by atoms with Crippen molar-refractivity contribution >= 4 is 23.5 Å². The van der Waals surface area contributed by atoms with E-state index in [2.05, 4.69) is 17.0 Å². The fraction of sp³-hybridized carbons (Fsp3) is 0.435. The van der Waals surface area contributed by atoms with Gasteiger partial charge >= 0.3 is 5.97 Å². The number of benzene rings is 1. The Hall–Kier alpha value is -3.29. The number of likely N-dealkylation sites (tertiary alicyclic amines) is 1. The minimum atomic E-state index is -0.870. The lowest BCUT2D eigenvalue weighted by Gasteiger charge is -2.37. The lowest BCUT2D eigenvalue weighted by molar-refractivity contribution is -0.162. The molecule has 0 saturated carbocycles. The number of ether oxygens (including phenoxy) is 1. The zero-order valence-corrected chi connectivity index (χ0v) is 17.6. The molecule has 1 aromatic heterocycles. The molecule has 1 aromatic carbocycles. The summed E-state index contributed by atoms with van der Waals surface area (Å²) in [5.41, 5.74) is 1.14. The van der Waals surface area contributed by atoms with Gasteiger partial charge in [0.05, 0.1) is 18.7 Å². The molecule has 0 bridgehead atoms. The maximum absolute atomic E-state index is 12.8. The summed E-state index contributed by atoms with van der Waals surface area (Å²) in [6.45, 7) is 4.82. The summed E-state index contributed by atoms with van der Waals surface area (Å²) in [7, 11) is 0. The number of rotatable bonds is 6. The van der Waals surface area contributed by atoms with Crippen LogP contribution in [0.3, 0.4) is 0 Å². The molecule has 31 heavy (non-hydrogen) atoms. The van der Waals surface area contributed by atoms with Gasteiger partial charge in [-0.2, -0.15) is 0 Å². The van der Waals surface area contributed by atoms with Crippen molar-refractivity contribution in [1.29, 1.82) is 0 Å². The lowest BCUT2D eigenvalue weighted by atomic mass is 10.1. The summed E-state index contributed by atoms with van der Waals surface area (Å²) in [5, 5.41) is 0. The molecule has 2 aromatic rings. The standard InChI is InChI=1S/C23H27N3O5/c1-17(22(28)25-11-9-24(10-12-25)19-6-3-2-4-7-19)31-23(29)18-14-21(27)26(15-18)16-20-8-5-13-30-20/h2-8,13,17-18H,9-12,14-16H2,1H3/t17-,18+/m0/s1. The molecule has 0 unspecified atom stereocenters. The number of furan rings is 1. The maximum Gasteiger partial charge on any atom is 0.312 e. The molecule has 2 fully saturated rings. The van der Waals surface area contributed by atoms with Crippen molar-refractivity contribution in [2.75, 3.05) is 37.6 Å². The van der Waals surface area contributed by atoms with Crippen LogP contribution in [-0.4, -0.2) is 66.4 Å². The van der Waals surface area contributed by atoms with Crippen LogP contribution in [-0.2, 0) is 25.7 Å². The van der Waals surface area contributed by atoms with Crippen LogP contribution in [0.1, 0.15) is 19.1 Å². The minimum absolute atomic E-state index is 0.0935. The van der Waals surface area contributed by atoms with Gasteiger partial charge < -0.3 is 23.9 Å². The topological polar surface area (TPSA) is 83.3 Å². The molecule has 0 N–H and O–H groups in total. The van der Waals surface area contributed by atoms with E-state index in [0.29, 0.717) is 25.4 Å². The van der Waals surface area contributed by atoms with Gasteiger partial charge in [-0.15, -0.1) is 0 Å². The van der Waals surface area contributed by atoms with E-state index in [0.717, 1.165) is 18.8 Å². The number of amides is 2. The Morgan fingerprint density at radius 2 is 1.84 bits per heavy atom. The number of carbonyl (C=O) groups excluding carboxylic acids is 3. The van der Waals surface area contributed by atoms with Crippen LogP contribution in [0.15, 0.2) is 53.1 Å². The van der Waals surface area contributed by atoms with Gasteiger partial charge in [0.25, 0.3) is 5.91 Å². The summed E-state index contributed by atoms with van der Waals surface area (Å²) < 4.78 is 10.7. The summed E-state index contributed by atoms with van der Waals surface area (Å²) >= 11 is 0. The van der Waals surface area contributed by atoms with E-state index >= 15 is 0 Å². The van der Waals surface area contributed by atoms with Crippen molar-refractivity contribution in [1.82, 2.24) is 9.80 Å². The third kappa shape index (κ3) is 4.90. The minimum Gasteiger partial charge on any atom is -0.467 e. The lowest BCUT2D eigenvalue weighted by Crippen LogP contribution is -2.51. The third-order valence-corrected chi connectivity index (χ3v) is 5.83. The van der Waals surface area contributed by atoms with Crippen molar-refractivity contribution in [3.05, 3.63) is 54.5 Å². The summed E-state index contributed by atoms with van der Waals surface area (Å²) in [4.78, 5) is 43.1. The van der Waals surface area contributed by atoms with Crippen LogP contribution in [0, 0.1) is 5.92 Å². The Morgan fingerprint density at radius 3 is 2.52 bits per heavy atom. The molecular formula is C23H27N3O5. The predicted molar refractivity (Wildman–Crippen MR) is 113 cm³/mol. The molecule has 2 aliphatic rings. The van der Waals surface area contributed by atoms with E-state index in [1.54, 1.807) is 35.1 Å². The largest absolute Gasteiger partial charge is 0.467 e. The number of para-hydroxylation sites is 1. The highest BCUT2D eigenvalue weighted by Gasteiger charge is 2.37. The first kappa shape index (κ1) is 21.0. The highest BCUT2D eigenvalue weighted by molar-refractivity contribution is 5.89. The smallest absolute Gasteiger partial charge is 0.312 e. The van der Waals surface area contributed by atoms with Crippen LogP contribution < -0.4 is 4.90 Å². The Kier molecular flexibility index (Phi) is 6.25. The van der Waals surface area contributed by atoms with Crippen LogP contribution in [0.4, 0.5) is 5.69 Å². The summed E-state index contributed by atoms with van der Waals surface area (Å²) in [6, 6.07) is 13.6. The van der Waals surface area contributed by atoms with Gasteiger partial charge in [-0.05, 0) is 31.2 Å². The molecule has 2 saturated heterocycles. The predicted octanol–water partition coefficient (Wildman–Crippen LogP) is 1.91. The van der Waals surface area contributed by atoms with Crippen molar-refractivity contribution in [3.63, 3.8) is 0 Å². The molecule has 164 valence electrons. The van der Waals surface area contributed by atoms with Gasteiger partial charge in [0.1, 0.15) is 5.76 Å². The maximum atomic E-state index is 12.8. The molecular weight excluding hydrogens is 398 g/mol. The van der Waals surface area contributed by atoms with Gasteiger partial charge in [-0.1, -0.05) is 18.2 Å². The van der Waals surface area contributed by atoms with E-state index in [4.69, 9.17) is 9.15 Å². The number of hydrogen-bond acceptors (Lipinski definition) is 6. The van der Waals surface area contributed by atoms with Gasteiger partial charge in [-0.25, -0.2) is 0 Å². The Bertz CT molecular complexity index is 907. The van der Waals surface area contributed by atoms with Crippen molar-refractivity contribution < 1.29 is 23.5 Å². The van der Waals surface area contributed by atoms with E-state index in [-0.39, 0.29) is 24.8 Å². The first-order chi connectivity index (χ1) is 15.0. The highest BCUT2D eigenvalue weighted by Crippen LogP contribution is 2.22. The fourth-order valence-corrected chi connectivity index (χ4v) is 4.08. The number of anilines is 1. The molecule has 0 radical (unpaired) electrons. The van der Waals surface area contributed by atoms with Crippen molar-refractivity contribution in [2.45, 2.75) is 26.0 Å². The molecule has 0 aliphatic carbocycles. The molecule has 8 nitrogen and oxygen atoms in total. The molecule has 2 atom stereocenters. The van der Waals surface area contributed by atoms with Crippen molar-refractivity contribution in [3.8, 4) is 0 Å². The van der Waals surface area contributed by atoms with E-state index < -0.39 is 18.0 Å². The Labute approximate surface area is 181 Å². The van der Waals surface area contributed by atoms with Gasteiger partial charge in [-0.3, -0.25) is 14.4 Å². The molecule has 2 amide bonds. The molecule has 8 heteroatoms. The SMILES string of the molecule is C[C@H](OC(=O)[C@@H]1CC(=O)N(Cc2ccco2)C1)C(=O)N1CCN(c2ccccc2)CC1. The second kappa shape index (κ2) is 9.24. The number of carbonyl (C=O) groups is 3. The molecule has 4 rings (SSSR count). The normalized spacial score (nSPS) is 20.1. The summed E-state index contributed by atoms with van der Waals surface area (Å²) in [6.07, 6.45) is 0.773. The Balaban J connectivity index is 1.25. The van der Waals surface area contributed by atoms with Crippen LogP contribution in [0.5, 0.6) is 0 Å². The zero-order valence-electron chi connectivity index (χ0n) is 17.6. The average Bonchev–Trinajstić information content (AvgIpc) is 3.44. The quantitative estimate of drug-likeness (QED) is 0.658. The second-order valence-electron chi connectivity index (χ2n) is 7.98. The highest BCUT2D eigenvalue weighted by atomic mass is 16.5. The number of nitrogens with zero attached hydrogens (tertiary/aromatic N) is 3. The first-order valence-corrected chi connectivity index (χ1v) is 10.6. The number of piperazine rings is 1. The van der Waals surface area contributed by atoms with Crippen LogP contribution >= 0.6 is 0 Å². The second-order valence-corrected chi connectivity index (χ2v) is 7.98. The number of esters is 1. The molecule has 0 spiro atoms. The Morgan fingerprint density at radius 1 is 1.10 bits per heavy atom.